The molecular formula is C30H27F3N2O4. The van der Waals surface area contributed by atoms with Crippen molar-refractivity contribution in [3.05, 3.63) is 89.0 Å². The van der Waals surface area contributed by atoms with Gasteiger partial charge in [0.25, 0.3) is 11.8 Å². The third kappa shape index (κ3) is 5.53. The van der Waals surface area contributed by atoms with Crippen molar-refractivity contribution in [1.29, 1.82) is 0 Å². The van der Waals surface area contributed by atoms with Gasteiger partial charge in [0, 0.05) is 29.4 Å². The molecule has 1 N–H and O–H groups in total. The van der Waals surface area contributed by atoms with Crippen LogP contribution in [0.5, 0.6) is 0 Å². The number of benzene rings is 3. The second-order valence-corrected chi connectivity index (χ2v) is 9.95. The van der Waals surface area contributed by atoms with Crippen LogP contribution in [0.25, 0.3) is 11.1 Å². The number of anilines is 1. The first-order valence-electron chi connectivity index (χ1n) is 12.7. The first kappa shape index (κ1) is 26.5. The van der Waals surface area contributed by atoms with E-state index in [1.165, 1.54) is 7.11 Å². The van der Waals surface area contributed by atoms with E-state index >= 15 is 0 Å². The number of fused-ring (bicyclic) bond motifs is 1. The minimum Gasteiger partial charge on any atom is -0.469 e. The Bertz CT molecular complexity index is 1400. The van der Waals surface area contributed by atoms with Crippen LogP contribution < -0.4 is 5.32 Å². The maximum atomic E-state index is 13.3. The number of amides is 2. The van der Waals surface area contributed by atoms with Crippen LogP contribution in [0.1, 0.15) is 57.5 Å². The average molecular weight is 537 g/mol. The van der Waals surface area contributed by atoms with Crippen LogP contribution in [-0.2, 0) is 22.3 Å². The molecule has 2 aliphatic rings. The number of alkyl halides is 3. The van der Waals surface area contributed by atoms with E-state index in [1.54, 1.807) is 12.1 Å². The van der Waals surface area contributed by atoms with Crippen molar-refractivity contribution in [2.24, 2.45) is 5.92 Å². The fourth-order valence-corrected chi connectivity index (χ4v) is 5.39. The summed E-state index contributed by atoms with van der Waals surface area (Å²) in [6, 6.07) is 16.8. The number of rotatable bonds is 5. The lowest BCUT2D eigenvalue weighted by Crippen LogP contribution is -2.40. The standard InChI is InChI=1S/C30H27F3N2O4/c1-39-29(38)21-3-2-4-25(15-21)35-17-22-6-5-20(16-26(22)28(35)37)18-9-13-24(14-10-18)34-27(36)19-7-11-23(12-8-19)30(31,32)33/h5-14,16,21,25H,2-4,15,17H2,1H3,(H,34,36). The van der Waals surface area contributed by atoms with Crippen LogP contribution in [0.4, 0.5) is 18.9 Å². The third-order valence-corrected chi connectivity index (χ3v) is 7.51. The normalized spacial score (nSPS) is 19.0. The Morgan fingerprint density at radius 2 is 1.64 bits per heavy atom. The second-order valence-electron chi connectivity index (χ2n) is 9.95. The van der Waals surface area contributed by atoms with E-state index in [1.807, 2.05) is 35.2 Å². The van der Waals surface area contributed by atoms with Crippen LogP contribution in [0.3, 0.4) is 0 Å². The Balaban J connectivity index is 1.26. The van der Waals surface area contributed by atoms with E-state index in [9.17, 15) is 27.6 Å². The summed E-state index contributed by atoms with van der Waals surface area (Å²) in [6.45, 7) is 0.516. The first-order chi connectivity index (χ1) is 18.6. The Hall–Kier alpha value is -4.14. The highest BCUT2D eigenvalue weighted by molar-refractivity contribution is 6.04. The van der Waals surface area contributed by atoms with Crippen molar-refractivity contribution in [3.63, 3.8) is 0 Å². The summed E-state index contributed by atoms with van der Waals surface area (Å²) in [7, 11) is 1.39. The Morgan fingerprint density at radius 1 is 0.949 bits per heavy atom. The molecule has 202 valence electrons. The molecule has 2 atom stereocenters. The average Bonchev–Trinajstić information content (AvgIpc) is 3.28. The molecule has 9 heteroatoms. The van der Waals surface area contributed by atoms with Gasteiger partial charge in [-0.3, -0.25) is 14.4 Å². The van der Waals surface area contributed by atoms with Crippen molar-refractivity contribution in [1.82, 2.24) is 4.90 Å². The largest absolute Gasteiger partial charge is 0.469 e. The summed E-state index contributed by atoms with van der Waals surface area (Å²) in [5.74, 6) is -0.955. The molecular weight excluding hydrogens is 509 g/mol. The zero-order valence-electron chi connectivity index (χ0n) is 21.3. The van der Waals surface area contributed by atoms with Gasteiger partial charge in [0.15, 0.2) is 0 Å². The van der Waals surface area contributed by atoms with Gasteiger partial charge in [0.2, 0.25) is 0 Å². The molecule has 6 nitrogen and oxygen atoms in total. The Labute approximate surface area is 223 Å². The lowest BCUT2D eigenvalue weighted by molar-refractivity contribution is -0.147. The van der Waals surface area contributed by atoms with Crippen molar-refractivity contribution in [2.45, 2.75) is 44.4 Å². The molecule has 0 saturated heterocycles. The predicted molar refractivity (Wildman–Crippen MR) is 139 cm³/mol. The molecule has 0 spiro atoms. The molecule has 1 aliphatic heterocycles. The molecule has 5 rings (SSSR count). The highest BCUT2D eigenvalue weighted by atomic mass is 19.4. The molecule has 1 fully saturated rings. The van der Waals surface area contributed by atoms with E-state index in [2.05, 4.69) is 5.32 Å². The zero-order chi connectivity index (χ0) is 27.7. The first-order valence-corrected chi connectivity index (χ1v) is 12.7. The number of halogens is 3. The highest BCUT2D eigenvalue weighted by Crippen LogP contribution is 2.36. The van der Waals surface area contributed by atoms with Crippen LogP contribution >= 0.6 is 0 Å². The fourth-order valence-electron chi connectivity index (χ4n) is 5.39. The summed E-state index contributed by atoms with van der Waals surface area (Å²) in [5, 5.41) is 2.69. The minimum absolute atomic E-state index is 0.00115. The smallest absolute Gasteiger partial charge is 0.416 e. The number of carbonyl (C=O) groups excluding carboxylic acids is 3. The minimum atomic E-state index is -4.46. The molecule has 0 aromatic heterocycles. The van der Waals surface area contributed by atoms with Crippen molar-refractivity contribution in [3.8, 4) is 11.1 Å². The lowest BCUT2D eigenvalue weighted by Gasteiger charge is -2.34. The molecule has 3 aromatic carbocycles. The Morgan fingerprint density at radius 3 is 2.31 bits per heavy atom. The van der Waals surface area contributed by atoms with Crippen molar-refractivity contribution in [2.75, 3.05) is 12.4 Å². The number of carbonyl (C=O) groups is 3. The monoisotopic (exact) mass is 536 g/mol. The molecule has 39 heavy (non-hydrogen) atoms. The quantitative estimate of drug-likeness (QED) is 0.388. The summed E-state index contributed by atoms with van der Waals surface area (Å²) < 4.78 is 43.2. The van der Waals surface area contributed by atoms with Gasteiger partial charge in [0.05, 0.1) is 18.6 Å². The fraction of sp³-hybridized carbons (Fsp3) is 0.300. The van der Waals surface area contributed by atoms with Crippen LogP contribution in [0.15, 0.2) is 66.7 Å². The summed E-state index contributed by atoms with van der Waals surface area (Å²) in [4.78, 5) is 39.7. The number of esters is 1. The molecule has 2 amide bonds. The van der Waals surface area contributed by atoms with E-state index in [0.717, 1.165) is 60.2 Å². The summed E-state index contributed by atoms with van der Waals surface area (Å²) >= 11 is 0. The van der Waals surface area contributed by atoms with E-state index < -0.39 is 17.6 Å². The lowest BCUT2D eigenvalue weighted by atomic mass is 9.85. The number of ether oxygens (including phenoxy) is 1. The second kappa shape index (κ2) is 10.6. The van der Waals surface area contributed by atoms with Gasteiger partial charge in [-0.05, 0) is 78.4 Å². The third-order valence-electron chi connectivity index (χ3n) is 7.51. The molecule has 0 radical (unpaired) electrons. The Kier molecular flexibility index (Phi) is 7.16. The van der Waals surface area contributed by atoms with Gasteiger partial charge >= 0.3 is 12.1 Å². The van der Waals surface area contributed by atoms with Gasteiger partial charge in [0.1, 0.15) is 0 Å². The molecule has 1 saturated carbocycles. The van der Waals surface area contributed by atoms with Crippen LogP contribution in [0.2, 0.25) is 0 Å². The van der Waals surface area contributed by atoms with Gasteiger partial charge in [-0.1, -0.05) is 30.7 Å². The van der Waals surface area contributed by atoms with Crippen LogP contribution in [-0.4, -0.2) is 35.8 Å². The maximum absolute atomic E-state index is 13.3. The van der Waals surface area contributed by atoms with Gasteiger partial charge in [-0.25, -0.2) is 0 Å². The predicted octanol–water partition coefficient (Wildman–Crippen LogP) is 6.31. The van der Waals surface area contributed by atoms with Gasteiger partial charge < -0.3 is 15.0 Å². The van der Waals surface area contributed by atoms with E-state index in [0.29, 0.717) is 24.2 Å². The summed E-state index contributed by atoms with van der Waals surface area (Å²) in [5.41, 5.74) is 3.08. The van der Waals surface area contributed by atoms with E-state index in [-0.39, 0.29) is 29.4 Å². The maximum Gasteiger partial charge on any atom is 0.416 e. The number of methoxy groups -OCH3 is 1. The number of nitrogens with one attached hydrogen (secondary N) is 1. The van der Waals surface area contributed by atoms with Gasteiger partial charge in [-0.2, -0.15) is 13.2 Å². The van der Waals surface area contributed by atoms with Crippen molar-refractivity contribution < 1.29 is 32.3 Å². The number of hydrogen-bond acceptors (Lipinski definition) is 4. The van der Waals surface area contributed by atoms with Crippen molar-refractivity contribution >= 4 is 23.5 Å². The number of nitrogens with zero attached hydrogens (tertiary/aromatic N) is 1. The number of hydrogen-bond donors (Lipinski definition) is 1. The topological polar surface area (TPSA) is 75.7 Å². The summed E-state index contributed by atoms with van der Waals surface area (Å²) in [6.07, 6.45) is -1.34. The SMILES string of the molecule is COC(=O)C1CCCC(N2Cc3ccc(-c4ccc(NC(=O)c5ccc(C(F)(F)F)cc5)cc4)cc3C2=O)C1. The molecule has 1 heterocycles. The van der Waals surface area contributed by atoms with E-state index in [4.69, 9.17) is 4.74 Å². The van der Waals surface area contributed by atoms with Gasteiger partial charge in [-0.15, -0.1) is 0 Å². The molecule has 2 unspecified atom stereocenters. The molecule has 0 bridgehead atoms. The zero-order valence-corrected chi connectivity index (χ0v) is 21.3. The molecule has 1 aliphatic carbocycles. The van der Waals surface area contributed by atoms with Crippen LogP contribution in [0, 0.1) is 5.92 Å². The highest BCUT2D eigenvalue weighted by Gasteiger charge is 2.37. The molecule has 3 aromatic rings.